The van der Waals surface area contributed by atoms with Crippen LogP contribution in [0.4, 0.5) is 19.1 Å². The van der Waals surface area contributed by atoms with Gasteiger partial charge in [-0.05, 0) is 32.0 Å². The first-order chi connectivity index (χ1) is 17.8. The van der Waals surface area contributed by atoms with Gasteiger partial charge in [-0.25, -0.2) is 14.8 Å². The normalized spacial score (nSPS) is 14.4. The summed E-state index contributed by atoms with van der Waals surface area (Å²) in [6, 6.07) is 7.16. The average molecular weight is 532 g/mol. The first-order valence-electron chi connectivity index (χ1n) is 11.9. The molecular weight excluding hydrogens is 507 g/mol. The molecule has 1 aliphatic heterocycles. The predicted octanol–water partition coefficient (Wildman–Crippen LogP) is 4.91. The lowest BCUT2D eigenvalue weighted by atomic mass is 10.0. The summed E-state index contributed by atoms with van der Waals surface area (Å²) < 4.78 is 54.3. The summed E-state index contributed by atoms with van der Waals surface area (Å²) in [5, 5.41) is 3.17. The molecule has 12 heteroatoms. The molecule has 0 radical (unpaired) electrons. The second kappa shape index (κ2) is 10.1. The maximum Gasteiger partial charge on any atom is 0.417 e. The Bertz CT molecular complexity index is 1450. The number of carbonyl (C=O) groups is 1. The van der Waals surface area contributed by atoms with Crippen LogP contribution in [0.1, 0.15) is 29.8 Å². The van der Waals surface area contributed by atoms with Gasteiger partial charge in [-0.15, -0.1) is 11.3 Å². The van der Waals surface area contributed by atoms with E-state index in [1.807, 2.05) is 4.90 Å². The number of alkyl halides is 3. The molecule has 0 atom stereocenters. The molecule has 0 bridgehead atoms. The van der Waals surface area contributed by atoms with Crippen LogP contribution in [0.2, 0.25) is 0 Å². The molecule has 0 aliphatic carbocycles. The van der Waals surface area contributed by atoms with Gasteiger partial charge in [0.25, 0.3) is 0 Å². The highest BCUT2D eigenvalue weighted by Gasteiger charge is 2.36. The molecule has 194 valence electrons. The second-order valence-corrected chi connectivity index (χ2v) is 9.31. The molecule has 1 aliphatic rings. The summed E-state index contributed by atoms with van der Waals surface area (Å²) in [5.41, 5.74) is 0.226. The van der Waals surface area contributed by atoms with Gasteiger partial charge in [0, 0.05) is 31.7 Å². The van der Waals surface area contributed by atoms with Gasteiger partial charge in [0.15, 0.2) is 0 Å². The Morgan fingerprint density at radius 1 is 1.08 bits per heavy atom. The van der Waals surface area contributed by atoms with Crippen molar-refractivity contribution in [3.05, 3.63) is 41.5 Å². The minimum absolute atomic E-state index is 0.0702. The molecule has 1 fully saturated rings. The van der Waals surface area contributed by atoms with Gasteiger partial charge < -0.3 is 19.7 Å². The number of anilines is 1. The first-order valence-corrected chi connectivity index (χ1v) is 12.7. The van der Waals surface area contributed by atoms with Crippen molar-refractivity contribution >= 4 is 43.7 Å². The fraction of sp³-hybridized carbons (Fsp3) is 0.360. The van der Waals surface area contributed by atoms with E-state index in [0.717, 1.165) is 30.5 Å². The lowest BCUT2D eigenvalue weighted by molar-refractivity contribution is -0.136. The van der Waals surface area contributed by atoms with E-state index < -0.39 is 17.7 Å². The van der Waals surface area contributed by atoms with Crippen molar-refractivity contribution in [2.45, 2.75) is 20.0 Å². The van der Waals surface area contributed by atoms with E-state index in [9.17, 15) is 18.0 Å². The number of hydrogen-bond acceptors (Lipinski definition) is 9. The Kier molecular flexibility index (Phi) is 6.86. The number of aromatic nitrogens is 3. The van der Waals surface area contributed by atoms with E-state index in [1.165, 1.54) is 12.1 Å². The van der Waals surface area contributed by atoms with E-state index in [4.69, 9.17) is 9.47 Å². The summed E-state index contributed by atoms with van der Waals surface area (Å²) in [6.07, 6.45) is -4.65. The Hall–Kier alpha value is -3.51. The minimum atomic E-state index is -4.65. The monoisotopic (exact) mass is 531 g/mol. The number of carbonyl (C=O) groups excluding carboxylic acids is 1. The van der Waals surface area contributed by atoms with Gasteiger partial charge in [0.1, 0.15) is 15.0 Å². The van der Waals surface area contributed by atoms with Gasteiger partial charge in [-0.2, -0.15) is 18.2 Å². The number of ether oxygens (including phenoxy) is 2. The van der Waals surface area contributed by atoms with Crippen LogP contribution in [0.25, 0.3) is 31.7 Å². The highest BCUT2D eigenvalue weighted by Crippen LogP contribution is 2.45. The molecule has 37 heavy (non-hydrogen) atoms. The highest BCUT2D eigenvalue weighted by atomic mass is 32.1. The fourth-order valence-corrected chi connectivity index (χ4v) is 5.29. The number of thiophene rings is 1. The van der Waals surface area contributed by atoms with Gasteiger partial charge in [0.05, 0.1) is 35.4 Å². The maximum atomic E-state index is 14.4. The van der Waals surface area contributed by atoms with Crippen molar-refractivity contribution in [3.63, 3.8) is 0 Å². The third-order valence-corrected chi connectivity index (χ3v) is 6.98. The quantitative estimate of drug-likeness (QED) is 0.351. The molecule has 3 aromatic heterocycles. The molecule has 0 saturated carbocycles. The van der Waals surface area contributed by atoms with Gasteiger partial charge in [-0.1, -0.05) is 12.1 Å². The zero-order valence-electron chi connectivity index (χ0n) is 20.2. The number of pyridine rings is 1. The summed E-state index contributed by atoms with van der Waals surface area (Å²) in [6.45, 7) is 6.74. The Balaban J connectivity index is 1.69. The standard InChI is InChI=1S/C25H24F3N5O3S/c1-3-35-21-20-19(31-24(32-21)33-11-9-29-10-12-33)18-16(25(26,27)28)13-17(30-22(18)37-20)14-5-7-15(8-6-14)23(34)36-4-2/h5-8,13,29H,3-4,9-12H2,1-2H3. The summed E-state index contributed by atoms with van der Waals surface area (Å²) >= 11 is 1.07. The number of benzene rings is 1. The second-order valence-electron chi connectivity index (χ2n) is 8.31. The molecule has 1 saturated heterocycles. The van der Waals surface area contributed by atoms with Crippen LogP contribution in [0.15, 0.2) is 30.3 Å². The third kappa shape index (κ3) is 4.90. The van der Waals surface area contributed by atoms with Crippen molar-refractivity contribution in [1.82, 2.24) is 20.3 Å². The van der Waals surface area contributed by atoms with Gasteiger partial charge in [0.2, 0.25) is 11.8 Å². The van der Waals surface area contributed by atoms with E-state index in [0.29, 0.717) is 41.5 Å². The first kappa shape index (κ1) is 25.2. The van der Waals surface area contributed by atoms with Crippen molar-refractivity contribution in [3.8, 4) is 17.1 Å². The highest BCUT2D eigenvalue weighted by molar-refractivity contribution is 7.25. The van der Waals surface area contributed by atoms with Crippen LogP contribution in [0.5, 0.6) is 5.88 Å². The molecule has 0 amide bonds. The van der Waals surface area contributed by atoms with Gasteiger partial charge >= 0.3 is 12.1 Å². The lowest BCUT2D eigenvalue weighted by Gasteiger charge is -2.27. The van der Waals surface area contributed by atoms with E-state index in [2.05, 4.69) is 20.3 Å². The fourth-order valence-electron chi connectivity index (χ4n) is 4.20. The summed E-state index contributed by atoms with van der Waals surface area (Å²) in [5.74, 6) is 0.0849. The SMILES string of the molecule is CCOC(=O)c1ccc(-c2cc(C(F)(F)F)c3c(n2)sc2c(OCC)nc(N4CCNCC4)nc23)cc1. The molecule has 4 heterocycles. The number of fused-ring (bicyclic) bond motifs is 3. The smallest absolute Gasteiger partial charge is 0.417 e. The molecule has 0 spiro atoms. The number of hydrogen-bond donors (Lipinski definition) is 1. The zero-order valence-corrected chi connectivity index (χ0v) is 21.0. The largest absolute Gasteiger partial charge is 0.477 e. The molecular formula is C25H24F3N5O3S. The van der Waals surface area contributed by atoms with Gasteiger partial charge in [-0.3, -0.25) is 0 Å². The van der Waals surface area contributed by atoms with Crippen molar-refractivity contribution < 1.29 is 27.4 Å². The summed E-state index contributed by atoms with van der Waals surface area (Å²) in [7, 11) is 0. The number of rotatable bonds is 6. The van der Waals surface area contributed by atoms with Crippen LogP contribution in [-0.4, -0.2) is 60.3 Å². The van der Waals surface area contributed by atoms with Crippen molar-refractivity contribution in [2.24, 2.45) is 0 Å². The topological polar surface area (TPSA) is 89.5 Å². The zero-order chi connectivity index (χ0) is 26.2. The van der Waals surface area contributed by atoms with Crippen LogP contribution >= 0.6 is 11.3 Å². The third-order valence-electron chi connectivity index (χ3n) is 5.92. The van der Waals surface area contributed by atoms with Crippen LogP contribution in [-0.2, 0) is 10.9 Å². The van der Waals surface area contributed by atoms with Crippen molar-refractivity contribution in [1.29, 1.82) is 0 Å². The Labute approximate surface area is 214 Å². The number of esters is 1. The Morgan fingerprint density at radius 3 is 2.46 bits per heavy atom. The molecule has 8 nitrogen and oxygen atoms in total. The predicted molar refractivity (Wildman–Crippen MR) is 135 cm³/mol. The average Bonchev–Trinajstić information content (AvgIpc) is 3.27. The van der Waals surface area contributed by atoms with Crippen molar-refractivity contribution in [2.75, 3.05) is 44.3 Å². The molecule has 0 unspecified atom stereocenters. The molecule has 1 N–H and O–H groups in total. The maximum absolute atomic E-state index is 14.4. The molecule has 4 aromatic rings. The number of nitrogens with zero attached hydrogens (tertiary/aromatic N) is 4. The number of nitrogens with one attached hydrogen (secondary N) is 1. The van der Waals surface area contributed by atoms with Crippen LogP contribution < -0.4 is 15.0 Å². The van der Waals surface area contributed by atoms with E-state index in [-0.39, 0.29) is 33.9 Å². The van der Waals surface area contributed by atoms with Crippen LogP contribution in [0, 0.1) is 0 Å². The summed E-state index contributed by atoms with van der Waals surface area (Å²) in [4.78, 5) is 27.8. The number of halogens is 3. The van der Waals surface area contributed by atoms with E-state index >= 15 is 0 Å². The Morgan fingerprint density at radius 2 is 1.81 bits per heavy atom. The number of piperazine rings is 1. The lowest BCUT2D eigenvalue weighted by Crippen LogP contribution is -2.44. The molecule has 5 rings (SSSR count). The molecule has 1 aromatic carbocycles. The minimum Gasteiger partial charge on any atom is -0.477 e. The van der Waals surface area contributed by atoms with E-state index in [1.54, 1.807) is 26.0 Å². The van der Waals surface area contributed by atoms with Crippen LogP contribution in [0.3, 0.4) is 0 Å².